The van der Waals surface area contributed by atoms with Crippen LogP contribution in [0.4, 0.5) is 10.5 Å². The van der Waals surface area contributed by atoms with Gasteiger partial charge in [0.05, 0.1) is 10.7 Å². The number of rotatable bonds is 6. The molecule has 8 heteroatoms. The van der Waals surface area contributed by atoms with Crippen molar-refractivity contribution >= 4 is 52.7 Å². The standard InChI is InChI=1S/C13H16Cl2N2O3S/c1-7-5-9(15)11(6-8(7)14)17-13(20)16-10(12(18)19)3-4-21-2/h5-6,10H,3-4H2,1-2H3,(H,18,19)(H2,16,17,20)/t10-/m0/s1. The van der Waals surface area contributed by atoms with Crippen LogP contribution in [-0.4, -0.2) is 35.2 Å². The lowest BCUT2D eigenvalue weighted by molar-refractivity contribution is -0.139. The Labute approximate surface area is 137 Å². The van der Waals surface area contributed by atoms with Gasteiger partial charge in [0.1, 0.15) is 6.04 Å². The van der Waals surface area contributed by atoms with E-state index in [1.165, 1.54) is 17.8 Å². The number of carbonyl (C=O) groups is 2. The fourth-order valence-electron chi connectivity index (χ4n) is 1.55. The molecule has 0 unspecified atom stereocenters. The molecule has 0 aromatic heterocycles. The lowest BCUT2D eigenvalue weighted by atomic mass is 10.2. The van der Waals surface area contributed by atoms with E-state index in [0.29, 0.717) is 27.9 Å². The van der Waals surface area contributed by atoms with Crippen molar-refractivity contribution in [3.8, 4) is 0 Å². The van der Waals surface area contributed by atoms with Gasteiger partial charge < -0.3 is 15.7 Å². The van der Waals surface area contributed by atoms with Crippen LogP contribution in [0, 0.1) is 6.92 Å². The molecule has 0 radical (unpaired) electrons. The molecule has 1 aromatic rings. The summed E-state index contributed by atoms with van der Waals surface area (Å²) < 4.78 is 0. The SMILES string of the molecule is CSCC[C@H](NC(=O)Nc1cc(Cl)c(C)cc1Cl)C(=O)O. The van der Waals surface area contributed by atoms with Crippen LogP contribution in [0.15, 0.2) is 12.1 Å². The van der Waals surface area contributed by atoms with Crippen LogP contribution in [0.3, 0.4) is 0 Å². The van der Waals surface area contributed by atoms with Crippen molar-refractivity contribution in [1.82, 2.24) is 5.32 Å². The first-order valence-electron chi connectivity index (χ1n) is 6.10. The minimum absolute atomic E-state index is 0.332. The molecule has 5 nitrogen and oxygen atoms in total. The predicted molar refractivity (Wildman–Crippen MR) is 87.8 cm³/mol. The molecule has 0 saturated carbocycles. The average Bonchev–Trinajstić information content (AvgIpc) is 2.40. The molecular weight excluding hydrogens is 335 g/mol. The van der Waals surface area contributed by atoms with E-state index in [1.54, 1.807) is 13.0 Å². The van der Waals surface area contributed by atoms with Crippen molar-refractivity contribution in [3.05, 3.63) is 27.7 Å². The number of aliphatic carboxylic acids is 1. The normalized spacial score (nSPS) is 11.8. The zero-order valence-electron chi connectivity index (χ0n) is 11.6. The Bertz CT molecular complexity index is 540. The topological polar surface area (TPSA) is 78.4 Å². The summed E-state index contributed by atoms with van der Waals surface area (Å²) in [6.07, 6.45) is 2.21. The zero-order chi connectivity index (χ0) is 16.0. The summed E-state index contributed by atoms with van der Waals surface area (Å²) in [5.41, 5.74) is 1.12. The number of thioether (sulfide) groups is 1. The van der Waals surface area contributed by atoms with Crippen molar-refractivity contribution in [3.63, 3.8) is 0 Å². The number of carboxylic acid groups (broad SMARTS) is 1. The second-order valence-electron chi connectivity index (χ2n) is 4.35. The summed E-state index contributed by atoms with van der Waals surface area (Å²) in [6, 6.07) is 1.57. The van der Waals surface area contributed by atoms with Gasteiger partial charge in [0.2, 0.25) is 0 Å². The summed E-state index contributed by atoms with van der Waals surface area (Å²) in [5, 5.41) is 14.8. The van der Waals surface area contributed by atoms with Crippen molar-refractivity contribution < 1.29 is 14.7 Å². The molecule has 0 aliphatic heterocycles. The molecule has 0 aliphatic rings. The van der Waals surface area contributed by atoms with Crippen LogP contribution in [0.25, 0.3) is 0 Å². The maximum absolute atomic E-state index is 11.8. The molecule has 0 spiro atoms. The summed E-state index contributed by atoms with van der Waals surface area (Å²) >= 11 is 13.5. The number of aryl methyl sites for hydroxylation is 1. The van der Waals surface area contributed by atoms with E-state index in [4.69, 9.17) is 28.3 Å². The fraction of sp³-hybridized carbons (Fsp3) is 0.385. The molecule has 1 atom stereocenters. The van der Waals surface area contributed by atoms with Gasteiger partial charge in [-0.1, -0.05) is 23.2 Å². The Balaban J connectivity index is 2.72. The maximum atomic E-state index is 11.8. The number of hydrogen-bond donors (Lipinski definition) is 3. The number of hydrogen-bond acceptors (Lipinski definition) is 3. The maximum Gasteiger partial charge on any atom is 0.326 e. The number of amides is 2. The van der Waals surface area contributed by atoms with E-state index in [0.717, 1.165) is 5.56 Å². The molecule has 3 N–H and O–H groups in total. The Morgan fingerprint density at radius 3 is 2.57 bits per heavy atom. The fourth-order valence-corrected chi connectivity index (χ4v) is 2.45. The molecule has 2 amide bonds. The summed E-state index contributed by atoms with van der Waals surface area (Å²) in [5.74, 6) is -0.443. The Hall–Kier alpha value is -1.11. The molecular formula is C13H16Cl2N2O3S. The minimum Gasteiger partial charge on any atom is -0.480 e. The first kappa shape index (κ1) is 17.9. The second-order valence-corrected chi connectivity index (χ2v) is 6.15. The van der Waals surface area contributed by atoms with E-state index >= 15 is 0 Å². The van der Waals surface area contributed by atoms with Crippen LogP contribution in [0.5, 0.6) is 0 Å². The van der Waals surface area contributed by atoms with Gasteiger partial charge in [0.25, 0.3) is 0 Å². The number of carboxylic acids is 1. The van der Waals surface area contributed by atoms with E-state index in [-0.39, 0.29) is 0 Å². The predicted octanol–water partition coefficient (Wildman–Crippen LogP) is 3.63. The van der Waals surface area contributed by atoms with Crippen LogP contribution < -0.4 is 10.6 Å². The third-order valence-corrected chi connectivity index (χ3v) is 4.07. The molecule has 0 bridgehead atoms. The van der Waals surface area contributed by atoms with Crippen LogP contribution in [-0.2, 0) is 4.79 Å². The van der Waals surface area contributed by atoms with E-state index in [9.17, 15) is 9.59 Å². The first-order valence-corrected chi connectivity index (χ1v) is 8.25. The van der Waals surface area contributed by atoms with E-state index in [1.807, 2.05) is 6.26 Å². The third kappa shape index (κ3) is 5.65. The zero-order valence-corrected chi connectivity index (χ0v) is 13.9. The molecule has 0 aliphatic carbocycles. The molecule has 0 fully saturated rings. The largest absolute Gasteiger partial charge is 0.480 e. The van der Waals surface area contributed by atoms with Crippen molar-refractivity contribution in [2.75, 3.05) is 17.3 Å². The molecule has 21 heavy (non-hydrogen) atoms. The number of anilines is 1. The second kappa shape index (κ2) is 8.36. The molecule has 0 heterocycles. The Morgan fingerprint density at radius 2 is 2.00 bits per heavy atom. The van der Waals surface area contributed by atoms with Gasteiger partial charge in [0.15, 0.2) is 0 Å². The summed E-state index contributed by atoms with van der Waals surface area (Å²) in [4.78, 5) is 22.9. The smallest absolute Gasteiger partial charge is 0.326 e. The Kier molecular flexibility index (Phi) is 7.14. The van der Waals surface area contributed by atoms with E-state index in [2.05, 4.69) is 10.6 Å². The highest BCUT2D eigenvalue weighted by molar-refractivity contribution is 7.98. The van der Waals surface area contributed by atoms with Gasteiger partial charge in [-0.15, -0.1) is 0 Å². The van der Waals surface area contributed by atoms with Crippen molar-refractivity contribution in [1.29, 1.82) is 0 Å². The van der Waals surface area contributed by atoms with Gasteiger partial charge >= 0.3 is 12.0 Å². The number of halogens is 2. The Morgan fingerprint density at radius 1 is 1.33 bits per heavy atom. The number of carbonyl (C=O) groups excluding carboxylic acids is 1. The number of urea groups is 1. The van der Waals surface area contributed by atoms with Gasteiger partial charge in [-0.2, -0.15) is 11.8 Å². The van der Waals surface area contributed by atoms with Crippen LogP contribution in [0.1, 0.15) is 12.0 Å². The van der Waals surface area contributed by atoms with Gasteiger partial charge in [-0.25, -0.2) is 9.59 Å². The van der Waals surface area contributed by atoms with Crippen molar-refractivity contribution in [2.24, 2.45) is 0 Å². The highest BCUT2D eigenvalue weighted by atomic mass is 35.5. The van der Waals surface area contributed by atoms with Gasteiger partial charge in [-0.05, 0) is 43.0 Å². The highest BCUT2D eigenvalue weighted by Crippen LogP contribution is 2.28. The van der Waals surface area contributed by atoms with E-state index < -0.39 is 18.0 Å². The first-order chi connectivity index (χ1) is 9.85. The van der Waals surface area contributed by atoms with Gasteiger partial charge in [-0.3, -0.25) is 0 Å². The average molecular weight is 351 g/mol. The third-order valence-electron chi connectivity index (χ3n) is 2.71. The molecule has 0 saturated heterocycles. The lowest BCUT2D eigenvalue weighted by Crippen LogP contribution is -2.43. The monoisotopic (exact) mass is 350 g/mol. The summed E-state index contributed by atoms with van der Waals surface area (Å²) in [6.45, 7) is 1.79. The highest BCUT2D eigenvalue weighted by Gasteiger charge is 2.19. The van der Waals surface area contributed by atoms with Gasteiger partial charge in [0, 0.05) is 5.02 Å². The summed E-state index contributed by atoms with van der Waals surface area (Å²) in [7, 11) is 0. The van der Waals surface area contributed by atoms with Crippen LogP contribution >= 0.6 is 35.0 Å². The molecule has 116 valence electrons. The van der Waals surface area contributed by atoms with Crippen LogP contribution in [0.2, 0.25) is 10.0 Å². The molecule has 1 aromatic carbocycles. The lowest BCUT2D eigenvalue weighted by Gasteiger charge is -2.15. The quantitative estimate of drug-likeness (QED) is 0.731. The number of benzene rings is 1. The minimum atomic E-state index is -1.08. The number of nitrogens with one attached hydrogen (secondary N) is 2. The molecule has 1 rings (SSSR count). The van der Waals surface area contributed by atoms with Crippen molar-refractivity contribution in [2.45, 2.75) is 19.4 Å².